The van der Waals surface area contributed by atoms with Gasteiger partial charge >= 0.3 is 0 Å². The van der Waals surface area contributed by atoms with E-state index >= 15 is 0 Å². The molecule has 1 aromatic heterocycles. The highest BCUT2D eigenvalue weighted by atomic mass is 32.1. The normalized spacial score (nSPS) is 13.8. The predicted octanol–water partition coefficient (Wildman–Crippen LogP) is 1.21. The Balaban J connectivity index is 2.77. The molecule has 1 rings (SSSR count). The first-order valence-electron chi connectivity index (χ1n) is 2.31. The highest BCUT2D eigenvalue weighted by Gasteiger charge is 1.98. The van der Waals surface area contributed by atoms with Crippen molar-refractivity contribution in [1.29, 1.82) is 0 Å². The molecule has 0 spiro atoms. The maximum Gasteiger partial charge on any atom is 0.118 e. The Labute approximate surface area is 53.7 Å². The molecule has 0 aliphatic rings. The minimum atomic E-state index is -0.0370. The van der Waals surface area contributed by atoms with Crippen molar-refractivity contribution in [1.82, 2.24) is 9.97 Å². The van der Waals surface area contributed by atoms with Gasteiger partial charge in [-0.1, -0.05) is 0 Å². The summed E-state index contributed by atoms with van der Waals surface area (Å²) in [5.41, 5.74) is 0. The van der Waals surface area contributed by atoms with Gasteiger partial charge in [-0.3, -0.25) is 0 Å². The number of nitrogens with one attached hydrogen (secondary N) is 1. The average molecular weight is 127 g/mol. The van der Waals surface area contributed by atoms with Crippen LogP contribution < -0.4 is 0 Å². The van der Waals surface area contributed by atoms with Gasteiger partial charge in [-0.2, -0.15) is 12.6 Å². The molecule has 1 unspecified atom stereocenters. The molecule has 0 fully saturated rings. The Bertz CT molecular complexity index is 145. The van der Waals surface area contributed by atoms with E-state index < -0.39 is 0 Å². The van der Waals surface area contributed by atoms with Gasteiger partial charge in [-0.05, 0) is 6.92 Å². The van der Waals surface area contributed by atoms with Gasteiger partial charge in [0.1, 0.15) is 5.82 Å². The molecule has 0 amide bonds. The third-order valence-corrected chi connectivity index (χ3v) is 1.08. The molecular weight excluding hydrogens is 120 g/mol. The van der Waals surface area contributed by atoms with Crippen LogP contribution in [-0.2, 0) is 0 Å². The van der Waals surface area contributed by atoms with E-state index in [0.29, 0.717) is 0 Å². The molecule has 1 atom stereocenters. The first-order chi connectivity index (χ1) is 3.80. The number of thiol groups is 1. The topological polar surface area (TPSA) is 28.7 Å². The third kappa shape index (κ3) is 1.04. The van der Waals surface area contributed by atoms with E-state index in [1.807, 2.05) is 0 Å². The number of aromatic nitrogens is 2. The number of imidazole rings is 1. The van der Waals surface area contributed by atoms with E-state index in [2.05, 4.69) is 29.5 Å². The first-order valence-corrected chi connectivity index (χ1v) is 2.83. The number of H-pyrrole nitrogens is 1. The molecule has 0 aliphatic heterocycles. The molecule has 3 heteroatoms. The largest absolute Gasteiger partial charge is 0.348 e. The average Bonchev–Trinajstić information content (AvgIpc) is 2.12. The van der Waals surface area contributed by atoms with Crippen LogP contribution in [0.2, 0.25) is 0 Å². The fourth-order valence-electron chi connectivity index (χ4n) is 0.460. The Morgan fingerprint density at radius 3 is 2.88 bits per heavy atom. The van der Waals surface area contributed by atoms with Crippen molar-refractivity contribution in [3.05, 3.63) is 25.1 Å². The molecule has 1 aromatic rings. The second-order valence-corrected chi connectivity index (χ2v) is 2.11. The monoisotopic (exact) mass is 127 g/mol. The SMILES string of the molecule is [CH2]C(S)c1ncc[nH]1. The van der Waals surface area contributed by atoms with Gasteiger partial charge in [0, 0.05) is 12.4 Å². The van der Waals surface area contributed by atoms with Crippen molar-refractivity contribution in [2.75, 3.05) is 0 Å². The summed E-state index contributed by atoms with van der Waals surface area (Å²) >= 11 is 4.05. The highest BCUT2D eigenvalue weighted by Crippen LogP contribution is 2.11. The maximum absolute atomic E-state index is 4.05. The van der Waals surface area contributed by atoms with E-state index in [0.717, 1.165) is 5.82 Å². The molecule has 43 valence electrons. The molecule has 1 N–H and O–H groups in total. The number of hydrogen-bond acceptors (Lipinski definition) is 2. The predicted molar refractivity (Wildman–Crippen MR) is 35.7 cm³/mol. The van der Waals surface area contributed by atoms with Crippen molar-refractivity contribution in [2.45, 2.75) is 5.25 Å². The smallest absolute Gasteiger partial charge is 0.118 e. The minimum Gasteiger partial charge on any atom is -0.348 e. The minimum absolute atomic E-state index is 0.0370. The maximum atomic E-state index is 4.05. The fraction of sp³-hybridized carbons (Fsp3) is 0.200. The van der Waals surface area contributed by atoms with E-state index in [-0.39, 0.29) is 5.25 Å². The lowest BCUT2D eigenvalue weighted by Crippen LogP contribution is -1.85. The van der Waals surface area contributed by atoms with Crippen molar-refractivity contribution in [3.63, 3.8) is 0 Å². The highest BCUT2D eigenvalue weighted by molar-refractivity contribution is 7.80. The summed E-state index contributed by atoms with van der Waals surface area (Å²) in [4.78, 5) is 6.81. The third-order valence-electron chi connectivity index (χ3n) is 0.835. The van der Waals surface area contributed by atoms with Crippen molar-refractivity contribution >= 4 is 12.6 Å². The fourth-order valence-corrected chi connectivity index (χ4v) is 0.601. The van der Waals surface area contributed by atoms with Crippen molar-refractivity contribution in [2.24, 2.45) is 0 Å². The molecule has 1 heterocycles. The number of nitrogens with zero attached hydrogens (tertiary/aromatic N) is 1. The molecule has 0 saturated heterocycles. The van der Waals surface area contributed by atoms with E-state index in [9.17, 15) is 0 Å². The summed E-state index contributed by atoms with van der Waals surface area (Å²) < 4.78 is 0. The van der Waals surface area contributed by atoms with Crippen LogP contribution in [0.4, 0.5) is 0 Å². The van der Waals surface area contributed by atoms with E-state index in [1.54, 1.807) is 12.4 Å². The Kier molecular flexibility index (Phi) is 1.58. The van der Waals surface area contributed by atoms with Crippen molar-refractivity contribution < 1.29 is 0 Å². The van der Waals surface area contributed by atoms with Gasteiger partial charge in [0.2, 0.25) is 0 Å². The van der Waals surface area contributed by atoms with Gasteiger partial charge in [0.25, 0.3) is 0 Å². The summed E-state index contributed by atoms with van der Waals surface area (Å²) in [7, 11) is 0. The Hall–Kier alpha value is -0.440. The van der Waals surface area contributed by atoms with Gasteiger partial charge < -0.3 is 4.98 Å². The van der Waals surface area contributed by atoms with Crippen LogP contribution >= 0.6 is 12.6 Å². The van der Waals surface area contributed by atoms with Crippen LogP contribution in [0.25, 0.3) is 0 Å². The van der Waals surface area contributed by atoms with Crippen LogP contribution in [-0.4, -0.2) is 9.97 Å². The number of hydrogen-bond donors (Lipinski definition) is 2. The summed E-state index contributed by atoms with van der Waals surface area (Å²) in [5.74, 6) is 0.813. The molecular formula is C5H7N2S. The lowest BCUT2D eigenvalue weighted by molar-refractivity contribution is 1.04. The summed E-state index contributed by atoms with van der Waals surface area (Å²) in [6.45, 7) is 3.65. The molecule has 0 aromatic carbocycles. The summed E-state index contributed by atoms with van der Waals surface area (Å²) in [6, 6.07) is 0. The van der Waals surface area contributed by atoms with Gasteiger partial charge in [0.05, 0.1) is 5.25 Å². The Morgan fingerprint density at radius 2 is 2.62 bits per heavy atom. The standard InChI is InChI=1S/C5H7N2S/c1-4(8)5-6-2-3-7-5/h2-4,8H,1H2,(H,6,7). The molecule has 0 bridgehead atoms. The Morgan fingerprint density at radius 1 is 1.88 bits per heavy atom. The van der Waals surface area contributed by atoms with E-state index in [4.69, 9.17) is 0 Å². The van der Waals surface area contributed by atoms with Crippen molar-refractivity contribution in [3.8, 4) is 0 Å². The lowest BCUT2D eigenvalue weighted by Gasteiger charge is -1.94. The van der Waals surface area contributed by atoms with Gasteiger partial charge in [0.15, 0.2) is 0 Å². The van der Waals surface area contributed by atoms with Crippen LogP contribution in [0.1, 0.15) is 11.1 Å². The lowest BCUT2D eigenvalue weighted by atomic mass is 10.5. The first kappa shape index (κ1) is 5.69. The summed E-state index contributed by atoms with van der Waals surface area (Å²) in [6.07, 6.45) is 3.44. The zero-order valence-corrected chi connectivity index (χ0v) is 5.23. The zero-order chi connectivity index (χ0) is 5.98. The van der Waals surface area contributed by atoms with Crippen LogP contribution in [0.3, 0.4) is 0 Å². The van der Waals surface area contributed by atoms with Gasteiger partial charge in [-0.25, -0.2) is 4.98 Å². The molecule has 2 nitrogen and oxygen atoms in total. The number of rotatable bonds is 1. The van der Waals surface area contributed by atoms with Gasteiger partial charge in [-0.15, -0.1) is 0 Å². The zero-order valence-electron chi connectivity index (χ0n) is 4.33. The molecule has 0 saturated carbocycles. The molecule has 0 aliphatic carbocycles. The second-order valence-electron chi connectivity index (χ2n) is 1.49. The van der Waals surface area contributed by atoms with E-state index in [1.165, 1.54) is 0 Å². The van der Waals surface area contributed by atoms with Crippen LogP contribution in [0.15, 0.2) is 12.4 Å². The molecule has 1 radical (unpaired) electrons. The van der Waals surface area contributed by atoms with Crippen LogP contribution in [0, 0.1) is 6.92 Å². The second kappa shape index (κ2) is 2.22. The summed E-state index contributed by atoms with van der Waals surface area (Å²) in [5, 5.41) is -0.0370. The quantitative estimate of drug-likeness (QED) is 0.545. The molecule has 8 heavy (non-hydrogen) atoms. The number of aromatic amines is 1. The van der Waals surface area contributed by atoms with Crippen LogP contribution in [0.5, 0.6) is 0 Å².